The van der Waals surface area contributed by atoms with E-state index in [4.69, 9.17) is 5.73 Å². The Bertz CT molecular complexity index is 244. The molecule has 1 aliphatic rings. The Morgan fingerprint density at radius 3 is 1.94 bits per heavy atom. The topological polar surface area (TPSA) is 46.2 Å². The fourth-order valence-corrected chi connectivity index (χ4v) is 3.34. The third-order valence-electron chi connectivity index (χ3n) is 5.43. The van der Waals surface area contributed by atoms with E-state index in [9.17, 15) is 5.11 Å². The molecule has 0 spiro atoms. The number of rotatable bonds is 4. The normalized spacial score (nSPS) is 30.8. The molecule has 0 amide bonds. The van der Waals surface area contributed by atoms with E-state index in [-0.39, 0.29) is 11.5 Å². The van der Waals surface area contributed by atoms with Gasteiger partial charge in [0.2, 0.25) is 0 Å². The van der Waals surface area contributed by atoms with Gasteiger partial charge in [0.05, 0.1) is 6.10 Å². The molecule has 0 aliphatic heterocycles. The van der Waals surface area contributed by atoms with E-state index in [1.165, 1.54) is 25.7 Å². The molecule has 0 aromatic carbocycles. The summed E-state index contributed by atoms with van der Waals surface area (Å²) in [7, 11) is 0. The summed E-state index contributed by atoms with van der Waals surface area (Å²) in [6.07, 6.45) is 5.58. The van der Waals surface area contributed by atoms with E-state index < -0.39 is 0 Å². The molecule has 3 N–H and O–H groups in total. The minimum absolute atomic E-state index is 0.0980. The lowest BCUT2D eigenvalue weighted by atomic mass is 9.65. The fraction of sp³-hybridized carbons (Fsp3) is 1.00. The van der Waals surface area contributed by atoms with Gasteiger partial charge in [-0.25, -0.2) is 0 Å². The first-order valence-corrected chi connectivity index (χ1v) is 7.62. The minimum Gasteiger partial charge on any atom is -0.392 e. The summed E-state index contributed by atoms with van der Waals surface area (Å²) in [5.41, 5.74) is 6.18. The molecule has 1 saturated carbocycles. The molecule has 2 unspecified atom stereocenters. The molecule has 2 atom stereocenters. The van der Waals surface area contributed by atoms with E-state index in [1.54, 1.807) is 0 Å². The quantitative estimate of drug-likeness (QED) is 0.806. The van der Waals surface area contributed by atoms with Crippen molar-refractivity contribution in [1.29, 1.82) is 0 Å². The Kier molecular flexibility index (Phi) is 5.25. The Hall–Kier alpha value is -0.0800. The van der Waals surface area contributed by atoms with Gasteiger partial charge in [-0.1, -0.05) is 34.6 Å². The van der Waals surface area contributed by atoms with Crippen LogP contribution < -0.4 is 5.73 Å². The summed E-state index contributed by atoms with van der Waals surface area (Å²) in [6.45, 7) is 11.9. The summed E-state index contributed by atoms with van der Waals surface area (Å²) < 4.78 is 0. The van der Waals surface area contributed by atoms with Crippen molar-refractivity contribution in [2.75, 3.05) is 6.54 Å². The first-order valence-electron chi connectivity index (χ1n) is 7.62. The van der Waals surface area contributed by atoms with Gasteiger partial charge in [0.25, 0.3) is 0 Å². The second-order valence-corrected chi connectivity index (χ2v) is 7.63. The third kappa shape index (κ3) is 3.48. The first-order chi connectivity index (χ1) is 8.24. The number of hydrogen-bond acceptors (Lipinski definition) is 2. The zero-order chi connectivity index (χ0) is 14.0. The Balaban J connectivity index is 2.58. The van der Waals surface area contributed by atoms with Crippen LogP contribution in [0.3, 0.4) is 0 Å². The SMILES string of the molecule is CCC(C)(CN)C(O)C1CCC(C(C)(C)C)CC1. The molecule has 1 fully saturated rings. The van der Waals surface area contributed by atoms with Crippen molar-refractivity contribution in [2.45, 2.75) is 72.8 Å². The average Bonchev–Trinajstić information content (AvgIpc) is 2.36. The van der Waals surface area contributed by atoms with Crippen LogP contribution in [0.2, 0.25) is 0 Å². The van der Waals surface area contributed by atoms with Crippen LogP contribution in [-0.2, 0) is 0 Å². The van der Waals surface area contributed by atoms with Crippen LogP contribution in [0.4, 0.5) is 0 Å². The highest BCUT2D eigenvalue weighted by Crippen LogP contribution is 2.43. The summed E-state index contributed by atoms with van der Waals surface area (Å²) in [4.78, 5) is 0. The Morgan fingerprint density at radius 1 is 1.11 bits per heavy atom. The van der Waals surface area contributed by atoms with Gasteiger partial charge in [-0.05, 0) is 49.4 Å². The van der Waals surface area contributed by atoms with Crippen molar-refractivity contribution in [3.63, 3.8) is 0 Å². The highest BCUT2D eigenvalue weighted by atomic mass is 16.3. The van der Waals surface area contributed by atoms with E-state index in [0.717, 1.165) is 12.3 Å². The van der Waals surface area contributed by atoms with Crippen molar-refractivity contribution in [3.8, 4) is 0 Å². The highest BCUT2D eigenvalue weighted by molar-refractivity contribution is 4.90. The predicted molar refractivity (Wildman–Crippen MR) is 78.4 cm³/mol. The molecule has 0 saturated heterocycles. The number of aliphatic hydroxyl groups is 1. The van der Waals surface area contributed by atoms with Gasteiger partial charge >= 0.3 is 0 Å². The summed E-state index contributed by atoms with van der Waals surface area (Å²) in [6, 6.07) is 0. The highest BCUT2D eigenvalue weighted by Gasteiger charge is 2.39. The molecule has 1 rings (SSSR count). The van der Waals surface area contributed by atoms with E-state index >= 15 is 0 Å². The van der Waals surface area contributed by atoms with Crippen LogP contribution in [-0.4, -0.2) is 17.8 Å². The number of aliphatic hydroxyl groups excluding tert-OH is 1. The maximum Gasteiger partial charge on any atom is 0.0633 e. The molecular formula is C16H33NO. The van der Waals surface area contributed by atoms with Crippen LogP contribution in [0.15, 0.2) is 0 Å². The van der Waals surface area contributed by atoms with Gasteiger partial charge in [-0.15, -0.1) is 0 Å². The zero-order valence-corrected chi connectivity index (χ0v) is 13.0. The van der Waals surface area contributed by atoms with Gasteiger partial charge in [0.15, 0.2) is 0 Å². The molecule has 2 nitrogen and oxygen atoms in total. The van der Waals surface area contributed by atoms with Crippen LogP contribution in [0.25, 0.3) is 0 Å². The standard InChI is InChI=1S/C16H33NO/c1-6-16(5,11-17)14(18)12-7-9-13(10-8-12)15(2,3)4/h12-14,18H,6-11,17H2,1-5H3. The lowest BCUT2D eigenvalue weighted by Crippen LogP contribution is -2.44. The van der Waals surface area contributed by atoms with Gasteiger partial charge in [0.1, 0.15) is 0 Å². The molecule has 0 aromatic heterocycles. The van der Waals surface area contributed by atoms with Crippen LogP contribution in [0.1, 0.15) is 66.7 Å². The van der Waals surface area contributed by atoms with Crippen molar-refractivity contribution in [3.05, 3.63) is 0 Å². The second-order valence-electron chi connectivity index (χ2n) is 7.63. The number of nitrogens with two attached hydrogens (primary N) is 1. The van der Waals surface area contributed by atoms with Gasteiger partial charge in [0, 0.05) is 12.0 Å². The summed E-state index contributed by atoms with van der Waals surface area (Å²) >= 11 is 0. The fourth-order valence-electron chi connectivity index (χ4n) is 3.34. The van der Waals surface area contributed by atoms with E-state index in [0.29, 0.717) is 17.9 Å². The van der Waals surface area contributed by atoms with E-state index in [2.05, 4.69) is 34.6 Å². The van der Waals surface area contributed by atoms with Crippen molar-refractivity contribution in [2.24, 2.45) is 28.4 Å². The van der Waals surface area contributed by atoms with Crippen LogP contribution in [0, 0.1) is 22.7 Å². The molecule has 0 aromatic rings. The van der Waals surface area contributed by atoms with Crippen molar-refractivity contribution >= 4 is 0 Å². The second kappa shape index (κ2) is 5.92. The maximum atomic E-state index is 10.6. The molecule has 1 aliphatic carbocycles. The maximum absolute atomic E-state index is 10.6. The average molecular weight is 255 g/mol. The summed E-state index contributed by atoms with van der Waals surface area (Å²) in [5, 5.41) is 10.6. The molecule has 0 radical (unpaired) electrons. The monoisotopic (exact) mass is 255 g/mol. The van der Waals surface area contributed by atoms with Crippen LogP contribution in [0.5, 0.6) is 0 Å². The predicted octanol–water partition coefficient (Wildman–Crippen LogP) is 3.57. The van der Waals surface area contributed by atoms with Gasteiger partial charge in [-0.2, -0.15) is 0 Å². The molecular weight excluding hydrogens is 222 g/mol. The van der Waals surface area contributed by atoms with E-state index in [1.807, 2.05) is 0 Å². The third-order valence-corrected chi connectivity index (χ3v) is 5.43. The smallest absolute Gasteiger partial charge is 0.0633 e. The van der Waals surface area contributed by atoms with Crippen molar-refractivity contribution < 1.29 is 5.11 Å². The Morgan fingerprint density at radius 2 is 1.61 bits per heavy atom. The number of hydrogen-bond donors (Lipinski definition) is 2. The molecule has 0 bridgehead atoms. The largest absolute Gasteiger partial charge is 0.392 e. The summed E-state index contributed by atoms with van der Waals surface area (Å²) in [5.74, 6) is 1.27. The van der Waals surface area contributed by atoms with Crippen LogP contribution >= 0.6 is 0 Å². The molecule has 18 heavy (non-hydrogen) atoms. The first kappa shape index (κ1) is 16.0. The van der Waals surface area contributed by atoms with Crippen molar-refractivity contribution in [1.82, 2.24) is 0 Å². The molecule has 108 valence electrons. The zero-order valence-electron chi connectivity index (χ0n) is 13.0. The molecule has 2 heteroatoms. The molecule has 0 heterocycles. The minimum atomic E-state index is -0.228. The lowest BCUT2D eigenvalue weighted by Gasteiger charge is -2.43. The van der Waals surface area contributed by atoms with Gasteiger partial charge < -0.3 is 10.8 Å². The van der Waals surface area contributed by atoms with Gasteiger partial charge in [-0.3, -0.25) is 0 Å². The lowest BCUT2D eigenvalue weighted by molar-refractivity contribution is -0.0300. The Labute approximate surface area is 113 Å².